The van der Waals surface area contributed by atoms with Crippen LogP contribution in [-0.4, -0.2) is 19.3 Å². The molecular formula is C15H14ClN5. The van der Waals surface area contributed by atoms with Crippen molar-refractivity contribution in [2.75, 3.05) is 0 Å². The molecule has 0 saturated heterocycles. The van der Waals surface area contributed by atoms with E-state index in [-0.39, 0.29) is 5.38 Å². The minimum absolute atomic E-state index is 0.229. The van der Waals surface area contributed by atoms with Gasteiger partial charge in [-0.15, -0.1) is 11.6 Å². The van der Waals surface area contributed by atoms with E-state index in [2.05, 4.69) is 16.2 Å². The lowest BCUT2D eigenvalue weighted by Crippen LogP contribution is -2.06. The van der Waals surface area contributed by atoms with E-state index in [1.165, 1.54) is 0 Å². The van der Waals surface area contributed by atoms with Crippen LogP contribution < -0.4 is 0 Å². The largest absolute Gasteiger partial charge is 0.280 e. The van der Waals surface area contributed by atoms with Crippen LogP contribution in [0.1, 0.15) is 29.4 Å². The van der Waals surface area contributed by atoms with Gasteiger partial charge in [-0.05, 0) is 38.1 Å². The van der Waals surface area contributed by atoms with Gasteiger partial charge in [0.1, 0.15) is 11.3 Å². The van der Waals surface area contributed by atoms with Gasteiger partial charge in [0, 0.05) is 12.7 Å². The summed E-state index contributed by atoms with van der Waals surface area (Å²) in [6, 6.07) is 9.48. The molecule has 6 heteroatoms. The van der Waals surface area contributed by atoms with Crippen LogP contribution in [-0.2, 0) is 7.05 Å². The number of fused-ring (bicyclic) bond motifs is 1. The maximum Gasteiger partial charge on any atom is 0.163 e. The molecule has 1 unspecified atom stereocenters. The van der Waals surface area contributed by atoms with Gasteiger partial charge in [0.2, 0.25) is 0 Å². The Kier molecular flexibility index (Phi) is 3.19. The number of hydrogen-bond donors (Lipinski definition) is 0. The molecule has 0 saturated carbocycles. The Morgan fingerprint density at radius 2 is 1.95 bits per heavy atom. The number of aryl methyl sites for hydroxylation is 2. The Balaban J connectivity index is 2.33. The number of halogens is 1. The quantitative estimate of drug-likeness (QED) is 0.683. The maximum atomic E-state index is 8.92. The second-order valence-electron chi connectivity index (χ2n) is 4.96. The fraction of sp³-hybridized carbons (Fsp3) is 0.267. The second-order valence-corrected chi connectivity index (χ2v) is 5.62. The van der Waals surface area contributed by atoms with Crippen molar-refractivity contribution in [3.8, 4) is 11.8 Å². The van der Waals surface area contributed by atoms with Crippen molar-refractivity contribution >= 4 is 22.8 Å². The molecule has 3 aromatic rings. The minimum atomic E-state index is -0.229. The molecule has 1 aromatic carbocycles. The molecule has 1 atom stereocenters. The standard InChI is InChI=1S/C15H14ClN5/c1-9(16)14-18-13-10(2)19-20(3)15(13)21(14)12-6-4-11(8-17)5-7-12/h4-7,9H,1-3H3. The normalized spacial score (nSPS) is 12.5. The van der Waals surface area contributed by atoms with E-state index in [0.717, 1.165) is 28.4 Å². The average molecular weight is 300 g/mol. The molecule has 0 amide bonds. The summed E-state index contributed by atoms with van der Waals surface area (Å²) in [4.78, 5) is 4.63. The molecule has 0 spiro atoms. The predicted octanol–water partition coefficient (Wildman–Crippen LogP) is 3.24. The summed E-state index contributed by atoms with van der Waals surface area (Å²) >= 11 is 6.28. The lowest BCUT2D eigenvalue weighted by molar-refractivity contribution is 0.748. The SMILES string of the molecule is Cc1nn(C)c2c1nc(C(C)Cl)n2-c1ccc(C#N)cc1. The second kappa shape index (κ2) is 4.90. The Morgan fingerprint density at radius 1 is 1.29 bits per heavy atom. The summed E-state index contributed by atoms with van der Waals surface area (Å²) in [5.74, 6) is 0.771. The summed E-state index contributed by atoms with van der Waals surface area (Å²) in [6.45, 7) is 3.83. The molecule has 0 aliphatic carbocycles. The van der Waals surface area contributed by atoms with Crippen LogP contribution in [0.2, 0.25) is 0 Å². The highest BCUT2D eigenvalue weighted by atomic mass is 35.5. The molecule has 0 aliphatic heterocycles. The Hall–Kier alpha value is -2.32. The summed E-state index contributed by atoms with van der Waals surface area (Å²) in [5, 5.41) is 13.1. The molecule has 0 N–H and O–H groups in total. The molecule has 0 aliphatic rings. The van der Waals surface area contributed by atoms with Crippen LogP contribution in [0.3, 0.4) is 0 Å². The average Bonchev–Trinajstić information content (AvgIpc) is 2.99. The summed E-state index contributed by atoms with van der Waals surface area (Å²) in [7, 11) is 1.89. The van der Waals surface area contributed by atoms with Crippen LogP contribution in [0.5, 0.6) is 0 Å². The third-order valence-electron chi connectivity index (χ3n) is 3.44. The van der Waals surface area contributed by atoms with Crippen LogP contribution >= 0.6 is 11.6 Å². The van der Waals surface area contributed by atoms with E-state index < -0.39 is 0 Å². The Labute approximate surface area is 127 Å². The number of nitriles is 1. The van der Waals surface area contributed by atoms with Crippen molar-refractivity contribution in [3.05, 3.63) is 41.3 Å². The fourth-order valence-corrected chi connectivity index (χ4v) is 2.64. The van der Waals surface area contributed by atoms with Crippen LogP contribution in [0.15, 0.2) is 24.3 Å². The fourth-order valence-electron chi connectivity index (χ4n) is 2.50. The maximum absolute atomic E-state index is 8.92. The highest BCUT2D eigenvalue weighted by molar-refractivity contribution is 6.20. The number of aromatic nitrogens is 4. The van der Waals surface area contributed by atoms with Crippen molar-refractivity contribution in [1.82, 2.24) is 19.3 Å². The highest BCUT2D eigenvalue weighted by Gasteiger charge is 2.21. The van der Waals surface area contributed by atoms with E-state index in [4.69, 9.17) is 16.9 Å². The van der Waals surface area contributed by atoms with Gasteiger partial charge in [0.05, 0.1) is 22.7 Å². The third-order valence-corrected chi connectivity index (χ3v) is 3.63. The number of benzene rings is 1. The third kappa shape index (κ3) is 2.08. The van der Waals surface area contributed by atoms with Gasteiger partial charge >= 0.3 is 0 Å². The van der Waals surface area contributed by atoms with Crippen molar-refractivity contribution < 1.29 is 0 Å². The summed E-state index contributed by atoms with van der Waals surface area (Å²) in [5.41, 5.74) is 4.17. The summed E-state index contributed by atoms with van der Waals surface area (Å²) in [6.07, 6.45) is 0. The van der Waals surface area contributed by atoms with Crippen molar-refractivity contribution in [3.63, 3.8) is 0 Å². The monoisotopic (exact) mass is 299 g/mol. The number of hydrogen-bond acceptors (Lipinski definition) is 3. The lowest BCUT2D eigenvalue weighted by atomic mass is 10.2. The molecule has 106 valence electrons. The number of alkyl halides is 1. The first-order valence-electron chi connectivity index (χ1n) is 6.59. The van der Waals surface area contributed by atoms with Gasteiger partial charge in [-0.25, -0.2) is 9.67 Å². The first kappa shape index (κ1) is 13.7. The molecule has 3 rings (SSSR count). The van der Waals surface area contributed by atoms with Crippen molar-refractivity contribution in [2.45, 2.75) is 19.2 Å². The van der Waals surface area contributed by atoms with Crippen molar-refractivity contribution in [1.29, 1.82) is 5.26 Å². The molecule has 2 aromatic heterocycles. The van der Waals surface area contributed by atoms with E-state index >= 15 is 0 Å². The molecule has 0 fully saturated rings. The number of imidazole rings is 1. The van der Waals surface area contributed by atoms with E-state index in [1.54, 1.807) is 16.8 Å². The van der Waals surface area contributed by atoms with Crippen LogP contribution in [0.25, 0.3) is 16.9 Å². The smallest absolute Gasteiger partial charge is 0.163 e. The van der Waals surface area contributed by atoms with E-state index in [0.29, 0.717) is 5.56 Å². The molecule has 0 bridgehead atoms. The topological polar surface area (TPSA) is 59.4 Å². The molecule has 5 nitrogen and oxygen atoms in total. The summed E-state index contributed by atoms with van der Waals surface area (Å²) < 4.78 is 3.80. The van der Waals surface area contributed by atoms with Crippen molar-refractivity contribution in [2.24, 2.45) is 7.05 Å². The minimum Gasteiger partial charge on any atom is -0.280 e. The number of rotatable bonds is 2. The zero-order valence-corrected chi connectivity index (χ0v) is 12.8. The van der Waals surface area contributed by atoms with Gasteiger partial charge in [-0.2, -0.15) is 10.4 Å². The zero-order chi connectivity index (χ0) is 15.1. The lowest BCUT2D eigenvalue weighted by Gasteiger charge is -2.11. The molecule has 21 heavy (non-hydrogen) atoms. The van der Waals surface area contributed by atoms with Crippen LogP contribution in [0.4, 0.5) is 0 Å². The van der Waals surface area contributed by atoms with E-state index in [9.17, 15) is 0 Å². The van der Waals surface area contributed by atoms with Gasteiger partial charge in [0.25, 0.3) is 0 Å². The Morgan fingerprint density at radius 3 is 2.52 bits per heavy atom. The van der Waals surface area contributed by atoms with E-state index in [1.807, 2.05) is 37.6 Å². The highest BCUT2D eigenvalue weighted by Crippen LogP contribution is 2.29. The molecular weight excluding hydrogens is 286 g/mol. The first-order valence-corrected chi connectivity index (χ1v) is 7.03. The molecule has 0 radical (unpaired) electrons. The molecule has 2 heterocycles. The number of nitrogens with zero attached hydrogens (tertiary/aromatic N) is 5. The van der Waals surface area contributed by atoms with Gasteiger partial charge in [0.15, 0.2) is 5.65 Å². The predicted molar refractivity (Wildman–Crippen MR) is 81.6 cm³/mol. The first-order chi connectivity index (χ1) is 10.0. The van der Waals surface area contributed by atoms with Crippen LogP contribution in [0, 0.1) is 18.3 Å². The Bertz CT molecular complexity index is 849. The van der Waals surface area contributed by atoms with Gasteiger partial charge in [-0.3, -0.25) is 4.57 Å². The van der Waals surface area contributed by atoms with Gasteiger partial charge in [-0.1, -0.05) is 0 Å². The zero-order valence-electron chi connectivity index (χ0n) is 12.0. The van der Waals surface area contributed by atoms with Gasteiger partial charge < -0.3 is 0 Å².